The van der Waals surface area contributed by atoms with Gasteiger partial charge in [-0.2, -0.15) is 0 Å². The first kappa shape index (κ1) is 19.5. The van der Waals surface area contributed by atoms with Crippen LogP contribution < -0.4 is 10.6 Å². The smallest absolute Gasteiger partial charge is 0.191 e. The quantitative estimate of drug-likeness (QED) is 0.686. The zero-order valence-electron chi connectivity index (χ0n) is 14.8. The number of nitrogens with zero attached hydrogens (tertiary/aromatic N) is 2. The van der Waals surface area contributed by atoms with Gasteiger partial charge in [0, 0.05) is 32.2 Å². The molecular weight excluding hydrogens is 411 g/mol. The van der Waals surface area contributed by atoms with Crippen LogP contribution in [0.5, 0.6) is 0 Å². The summed E-state index contributed by atoms with van der Waals surface area (Å²) < 4.78 is 0. The monoisotopic (exact) mass is 442 g/mol. The van der Waals surface area contributed by atoms with Crippen molar-refractivity contribution in [3.05, 3.63) is 35.4 Å². The van der Waals surface area contributed by atoms with E-state index in [1.165, 1.54) is 43.2 Å². The second-order valence-corrected chi connectivity index (χ2v) is 6.84. The molecule has 2 N–H and O–H groups in total. The third kappa shape index (κ3) is 5.62. The second-order valence-electron chi connectivity index (χ2n) is 6.84. The largest absolute Gasteiger partial charge is 0.356 e. The third-order valence-corrected chi connectivity index (χ3v) is 5.08. The molecule has 4 nitrogen and oxygen atoms in total. The van der Waals surface area contributed by atoms with E-state index in [0.29, 0.717) is 0 Å². The summed E-state index contributed by atoms with van der Waals surface area (Å²) in [6.07, 6.45) is 8.05. The molecule has 0 saturated heterocycles. The van der Waals surface area contributed by atoms with Gasteiger partial charge in [-0.3, -0.25) is 9.89 Å². The topological polar surface area (TPSA) is 39.7 Å². The van der Waals surface area contributed by atoms with E-state index in [2.05, 4.69) is 51.8 Å². The van der Waals surface area contributed by atoms with Crippen molar-refractivity contribution in [1.29, 1.82) is 0 Å². The summed E-state index contributed by atoms with van der Waals surface area (Å²) >= 11 is 0. The number of guanidine groups is 1. The maximum atomic E-state index is 4.49. The van der Waals surface area contributed by atoms with E-state index < -0.39 is 0 Å². The van der Waals surface area contributed by atoms with Crippen LogP contribution in [0.4, 0.5) is 0 Å². The van der Waals surface area contributed by atoms with Crippen molar-refractivity contribution in [2.45, 2.75) is 57.7 Å². The summed E-state index contributed by atoms with van der Waals surface area (Å²) in [7, 11) is 2.28. The van der Waals surface area contributed by atoms with Crippen LogP contribution in [-0.4, -0.2) is 37.0 Å². The van der Waals surface area contributed by atoms with Crippen LogP contribution in [0.2, 0.25) is 0 Å². The predicted molar refractivity (Wildman–Crippen MR) is 112 cm³/mol. The highest BCUT2D eigenvalue weighted by Gasteiger charge is 2.18. The Labute approximate surface area is 163 Å². The fourth-order valence-corrected chi connectivity index (χ4v) is 3.63. The van der Waals surface area contributed by atoms with Crippen LogP contribution in [0.25, 0.3) is 0 Å². The zero-order chi connectivity index (χ0) is 15.9. The van der Waals surface area contributed by atoms with Crippen LogP contribution in [0.1, 0.15) is 49.7 Å². The van der Waals surface area contributed by atoms with Crippen molar-refractivity contribution >= 4 is 29.9 Å². The number of benzene rings is 1. The van der Waals surface area contributed by atoms with Gasteiger partial charge in [-0.15, -0.1) is 24.0 Å². The van der Waals surface area contributed by atoms with Gasteiger partial charge in [-0.05, 0) is 37.4 Å². The minimum atomic E-state index is 0. The lowest BCUT2D eigenvalue weighted by Gasteiger charge is -2.31. The molecule has 24 heavy (non-hydrogen) atoms. The molecule has 1 aliphatic heterocycles. The predicted octanol–water partition coefficient (Wildman–Crippen LogP) is 3.51. The van der Waals surface area contributed by atoms with Crippen LogP contribution in [0.3, 0.4) is 0 Å². The van der Waals surface area contributed by atoms with Crippen LogP contribution in [0.15, 0.2) is 29.3 Å². The van der Waals surface area contributed by atoms with E-state index in [1.807, 2.05) is 0 Å². The van der Waals surface area contributed by atoms with Crippen molar-refractivity contribution in [3.63, 3.8) is 0 Å². The van der Waals surface area contributed by atoms with Crippen molar-refractivity contribution in [1.82, 2.24) is 15.5 Å². The Morgan fingerprint density at radius 3 is 2.58 bits per heavy atom. The summed E-state index contributed by atoms with van der Waals surface area (Å²) in [5.74, 6) is 0.951. The molecule has 0 atom stereocenters. The number of hydrogen-bond donors (Lipinski definition) is 2. The lowest BCUT2D eigenvalue weighted by Crippen LogP contribution is -2.40. The lowest BCUT2D eigenvalue weighted by molar-refractivity contribution is 0.184. The van der Waals surface area contributed by atoms with Crippen molar-refractivity contribution in [2.75, 3.05) is 20.1 Å². The number of nitrogens with one attached hydrogen (secondary N) is 2. The Hall–Kier alpha value is -0.820. The van der Waals surface area contributed by atoms with E-state index in [9.17, 15) is 0 Å². The highest BCUT2D eigenvalue weighted by molar-refractivity contribution is 14.0. The molecule has 1 heterocycles. The molecule has 3 rings (SSSR count). The molecule has 1 aromatic carbocycles. The lowest BCUT2D eigenvalue weighted by atomic mass is 9.94. The Morgan fingerprint density at radius 1 is 1.12 bits per heavy atom. The van der Waals surface area contributed by atoms with E-state index >= 15 is 0 Å². The van der Waals surface area contributed by atoms with Crippen LogP contribution in [0, 0.1) is 0 Å². The van der Waals surface area contributed by atoms with Crippen LogP contribution >= 0.6 is 24.0 Å². The maximum absolute atomic E-state index is 4.49. The minimum Gasteiger partial charge on any atom is -0.356 e. The van der Waals surface area contributed by atoms with Crippen molar-refractivity contribution in [2.24, 2.45) is 4.99 Å². The number of rotatable bonds is 5. The molecule has 134 valence electrons. The van der Waals surface area contributed by atoms with Crippen LogP contribution in [-0.2, 0) is 13.1 Å². The average Bonchev–Trinajstić information content (AvgIpc) is 2.62. The van der Waals surface area contributed by atoms with Gasteiger partial charge in [0.1, 0.15) is 0 Å². The second kappa shape index (κ2) is 10.2. The van der Waals surface area contributed by atoms with Gasteiger partial charge in [0.15, 0.2) is 5.96 Å². The third-order valence-electron chi connectivity index (χ3n) is 5.08. The van der Waals surface area contributed by atoms with E-state index in [-0.39, 0.29) is 24.0 Å². The molecule has 0 spiro atoms. The zero-order valence-corrected chi connectivity index (χ0v) is 17.1. The van der Waals surface area contributed by atoms with Gasteiger partial charge in [-0.1, -0.05) is 43.5 Å². The Bertz CT molecular complexity index is 526. The summed E-state index contributed by atoms with van der Waals surface area (Å²) in [6, 6.07) is 9.56. The Balaban J connectivity index is 0.00000208. The van der Waals surface area contributed by atoms with Gasteiger partial charge in [0.2, 0.25) is 0 Å². The fourth-order valence-electron chi connectivity index (χ4n) is 3.63. The van der Waals surface area contributed by atoms with Gasteiger partial charge >= 0.3 is 0 Å². The molecule has 5 heteroatoms. The number of halogens is 1. The fraction of sp³-hybridized carbons (Fsp3) is 0.632. The first-order chi connectivity index (χ1) is 11.3. The summed E-state index contributed by atoms with van der Waals surface area (Å²) in [5, 5.41) is 6.78. The van der Waals surface area contributed by atoms with E-state index in [4.69, 9.17) is 0 Å². The summed E-state index contributed by atoms with van der Waals surface area (Å²) in [5.41, 5.74) is 2.81. The molecule has 2 aliphatic rings. The Morgan fingerprint density at radius 2 is 1.88 bits per heavy atom. The Kier molecular flexibility index (Phi) is 8.32. The average molecular weight is 442 g/mol. The highest BCUT2D eigenvalue weighted by Crippen LogP contribution is 2.23. The molecule has 1 saturated carbocycles. The first-order valence-electron chi connectivity index (χ1n) is 9.12. The van der Waals surface area contributed by atoms with Crippen molar-refractivity contribution < 1.29 is 0 Å². The minimum absolute atomic E-state index is 0. The van der Waals surface area contributed by atoms with Crippen molar-refractivity contribution in [3.8, 4) is 0 Å². The molecule has 1 fully saturated rings. The molecule has 1 aromatic rings. The normalized spacial score (nSPS) is 18.5. The van der Waals surface area contributed by atoms with Gasteiger partial charge < -0.3 is 10.6 Å². The molecule has 0 bridgehead atoms. The molecular formula is C19H31IN4. The van der Waals surface area contributed by atoms with Gasteiger partial charge in [0.25, 0.3) is 0 Å². The SMILES string of the molecule is CN(Cc1ccccc1CNC1=NCCCN1)C1CCCCC1.I. The number of aliphatic imine (C=N–C) groups is 1. The number of hydrogen-bond acceptors (Lipinski definition) is 4. The molecule has 0 amide bonds. The van der Waals surface area contributed by atoms with Gasteiger partial charge in [0.05, 0.1) is 0 Å². The maximum Gasteiger partial charge on any atom is 0.191 e. The van der Waals surface area contributed by atoms with E-state index in [1.54, 1.807) is 0 Å². The molecule has 0 aromatic heterocycles. The molecule has 1 aliphatic carbocycles. The highest BCUT2D eigenvalue weighted by atomic mass is 127. The summed E-state index contributed by atoms with van der Waals surface area (Å²) in [4.78, 5) is 7.04. The molecule has 0 radical (unpaired) electrons. The molecule has 0 unspecified atom stereocenters. The standard InChI is InChI=1S/C19H30N4.HI/c1-23(18-10-3-2-4-11-18)15-17-9-6-5-8-16(17)14-22-19-20-12-7-13-21-19;/h5-6,8-9,18H,2-4,7,10-15H2,1H3,(H2,20,21,22);1H. The first-order valence-corrected chi connectivity index (χ1v) is 9.12. The van der Waals surface area contributed by atoms with Gasteiger partial charge in [-0.25, -0.2) is 0 Å². The van der Waals surface area contributed by atoms with E-state index in [0.717, 1.165) is 44.6 Å². The summed E-state index contributed by atoms with van der Waals surface area (Å²) in [6.45, 7) is 3.85.